The van der Waals surface area contributed by atoms with E-state index in [0.29, 0.717) is 33.8 Å². The quantitative estimate of drug-likeness (QED) is 0.199. The van der Waals surface area contributed by atoms with Crippen LogP contribution < -0.4 is 20.3 Å². The first-order valence-corrected chi connectivity index (χ1v) is 14.5. The molecule has 0 unspecified atom stereocenters. The van der Waals surface area contributed by atoms with Crippen molar-refractivity contribution in [3.8, 4) is 22.9 Å². The van der Waals surface area contributed by atoms with Gasteiger partial charge in [-0.3, -0.25) is 28.9 Å². The molecule has 46 heavy (non-hydrogen) atoms. The molecule has 5 aromatic rings. The predicted octanol–water partition coefficient (Wildman–Crippen LogP) is 5.18. The summed E-state index contributed by atoms with van der Waals surface area (Å²) in [6.07, 6.45) is 0.944. The van der Waals surface area contributed by atoms with Crippen molar-refractivity contribution >= 4 is 28.5 Å². The smallest absolute Gasteiger partial charge is 0.320 e. The Morgan fingerprint density at radius 1 is 1.02 bits per heavy atom. The Hall–Kier alpha value is -5.49. The molecule has 1 atom stereocenters. The van der Waals surface area contributed by atoms with E-state index in [-0.39, 0.29) is 30.1 Å². The summed E-state index contributed by atoms with van der Waals surface area (Å²) in [5.41, 5.74) is 0.915. The van der Waals surface area contributed by atoms with Gasteiger partial charge < -0.3 is 19.5 Å². The highest BCUT2D eigenvalue weighted by Crippen LogP contribution is 2.33. The molecule has 0 bridgehead atoms. The number of methoxy groups -OCH3 is 1. The number of carbonyl (C=O) groups excluding carboxylic acids is 2. The fourth-order valence-corrected chi connectivity index (χ4v) is 5.05. The summed E-state index contributed by atoms with van der Waals surface area (Å²) in [5, 5.41) is 3.30. The van der Waals surface area contributed by atoms with Crippen LogP contribution in [0.5, 0.6) is 17.2 Å². The second kappa shape index (κ2) is 13.7. The topological polar surface area (TPSA) is 117 Å². The zero-order valence-electron chi connectivity index (χ0n) is 26.1. The van der Waals surface area contributed by atoms with Crippen molar-refractivity contribution in [2.75, 3.05) is 33.1 Å². The average Bonchev–Trinajstić information content (AvgIpc) is 3.26. The van der Waals surface area contributed by atoms with Crippen LogP contribution in [0, 0.1) is 12.7 Å². The molecule has 0 aliphatic rings. The Morgan fingerprint density at radius 2 is 1.78 bits per heavy atom. The van der Waals surface area contributed by atoms with Crippen molar-refractivity contribution in [3.63, 3.8) is 0 Å². The molecule has 12 heteroatoms. The number of halogens is 1. The molecule has 11 nitrogen and oxygen atoms in total. The van der Waals surface area contributed by atoms with Gasteiger partial charge in [0.1, 0.15) is 23.2 Å². The standard InChI is InChI=1S/C34H34FN5O6/c1-21(45-31(41)20-38(3)4)19-39-22(2)32(34(43)40(39)24-9-7-6-8-10-24)33(42)37-23-11-14-30(27(35)17-23)46-29-15-16-36-28-18-25(44-5)12-13-26(28)29/h6-18,21H,19-20H2,1-5H3,(H,37,42)/t21-/m0/s1. The molecule has 1 amide bonds. The highest BCUT2D eigenvalue weighted by atomic mass is 19.1. The van der Waals surface area contributed by atoms with Crippen LogP contribution >= 0.6 is 0 Å². The van der Waals surface area contributed by atoms with Crippen molar-refractivity contribution in [2.24, 2.45) is 0 Å². The monoisotopic (exact) mass is 627 g/mol. The number of carbonyl (C=O) groups is 2. The Morgan fingerprint density at radius 3 is 2.48 bits per heavy atom. The molecule has 2 aromatic heterocycles. The SMILES string of the molecule is COc1ccc2c(Oc3ccc(NC(=O)c4c(C)n(C[C@H](C)OC(=O)CN(C)C)n(-c5ccccc5)c4=O)cc3F)ccnc2c1. The number of rotatable bonds is 11. The second-order valence-electron chi connectivity index (χ2n) is 10.9. The lowest BCUT2D eigenvalue weighted by Gasteiger charge is -2.19. The number of ether oxygens (including phenoxy) is 3. The van der Waals surface area contributed by atoms with Gasteiger partial charge >= 0.3 is 5.97 Å². The van der Waals surface area contributed by atoms with Crippen LogP contribution in [0.25, 0.3) is 16.6 Å². The molecule has 238 valence electrons. The van der Waals surface area contributed by atoms with E-state index in [1.807, 2.05) is 6.07 Å². The summed E-state index contributed by atoms with van der Waals surface area (Å²) in [6.45, 7) is 3.56. The number of para-hydroxylation sites is 1. The van der Waals surface area contributed by atoms with Gasteiger partial charge in [-0.1, -0.05) is 18.2 Å². The normalized spacial score (nSPS) is 11.8. The zero-order chi connectivity index (χ0) is 33.0. The summed E-state index contributed by atoms with van der Waals surface area (Å²) in [7, 11) is 5.07. The third kappa shape index (κ3) is 6.92. The van der Waals surface area contributed by atoms with Crippen LogP contribution in [-0.2, 0) is 16.1 Å². The molecular weight excluding hydrogens is 593 g/mol. The van der Waals surface area contributed by atoms with Gasteiger partial charge in [-0.2, -0.15) is 0 Å². The van der Waals surface area contributed by atoms with Crippen LogP contribution in [0.3, 0.4) is 0 Å². The van der Waals surface area contributed by atoms with Gasteiger partial charge in [-0.05, 0) is 70.4 Å². The van der Waals surface area contributed by atoms with E-state index in [1.54, 1.807) is 99.4 Å². The van der Waals surface area contributed by atoms with E-state index in [9.17, 15) is 14.4 Å². The fraction of sp³-hybridized carbons (Fsp3) is 0.235. The number of hydrogen-bond acceptors (Lipinski definition) is 8. The Bertz CT molecular complexity index is 1950. The van der Waals surface area contributed by atoms with Gasteiger partial charge in [0, 0.05) is 29.4 Å². The molecule has 0 spiro atoms. The van der Waals surface area contributed by atoms with Crippen molar-refractivity contribution in [1.29, 1.82) is 0 Å². The molecule has 3 aromatic carbocycles. The third-order valence-corrected chi connectivity index (χ3v) is 7.15. The van der Waals surface area contributed by atoms with Crippen molar-refractivity contribution in [1.82, 2.24) is 19.2 Å². The number of nitrogens with zero attached hydrogens (tertiary/aromatic N) is 4. The van der Waals surface area contributed by atoms with Gasteiger partial charge in [0.15, 0.2) is 11.6 Å². The summed E-state index contributed by atoms with van der Waals surface area (Å²) in [6, 6.07) is 19.7. The van der Waals surface area contributed by atoms with Crippen molar-refractivity contribution in [3.05, 3.63) is 106 Å². The van der Waals surface area contributed by atoms with Crippen LogP contribution in [-0.4, -0.2) is 65.0 Å². The van der Waals surface area contributed by atoms with E-state index < -0.39 is 29.4 Å². The van der Waals surface area contributed by atoms with Gasteiger partial charge in [-0.15, -0.1) is 0 Å². The lowest BCUT2D eigenvalue weighted by atomic mass is 10.2. The lowest BCUT2D eigenvalue weighted by molar-refractivity contribution is -0.149. The molecule has 0 aliphatic heterocycles. The maximum absolute atomic E-state index is 15.3. The molecule has 0 fully saturated rings. The largest absolute Gasteiger partial charge is 0.497 e. The van der Waals surface area contributed by atoms with Gasteiger partial charge in [-0.25, -0.2) is 9.07 Å². The first-order valence-electron chi connectivity index (χ1n) is 14.5. The van der Waals surface area contributed by atoms with Crippen LogP contribution in [0.15, 0.2) is 83.8 Å². The summed E-state index contributed by atoms with van der Waals surface area (Å²) in [4.78, 5) is 45.5. The summed E-state index contributed by atoms with van der Waals surface area (Å²) >= 11 is 0. The number of esters is 1. The Balaban J connectivity index is 1.40. The van der Waals surface area contributed by atoms with E-state index in [1.165, 1.54) is 16.8 Å². The number of fused-ring (bicyclic) bond motifs is 1. The molecule has 0 saturated carbocycles. The minimum atomic E-state index is -0.722. The Labute approximate surface area is 264 Å². The highest BCUT2D eigenvalue weighted by molar-refractivity contribution is 6.05. The van der Waals surface area contributed by atoms with Crippen molar-refractivity contribution < 1.29 is 28.2 Å². The first kappa shape index (κ1) is 31.9. The van der Waals surface area contributed by atoms with Crippen LogP contribution in [0.4, 0.5) is 10.1 Å². The van der Waals surface area contributed by atoms with Gasteiger partial charge in [0.05, 0.1) is 37.1 Å². The number of amides is 1. The van der Waals surface area contributed by atoms with E-state index in [4.69, 9.17) is 14.2 Å². The minimum Gasteiger partial charge on any atom is -0.497 e. The molecule has 0 radical (unpaired) electrons. The number of pyridine rings is 1. The maximum Gasteiger partial charge on any atom is 0.320 e. The number of likely N-dealkylation sites (N-methyl/N-ethyl adjacent to an activating group) is 1. The van der Waals surface area contributed by atoms with E-state index in [0.717, 1.165) is 6.07 Å². The molecule has 5 rings (SSSR count). The number of hydrogen-bond donors (Lipinski definition) is 1. The molecule has 0 saturated heterocycles. The summed E-state index contributed by atoms with van der Waals surface area (Å²) in [5.74, 6) is -0.898. The third-order valence-electron chi connectivity index (χ3n) is 7.15. The Kier molecular flexibility index (Phi) is 9.47. The number of benzene rings is 3. The molecule has 2 heterocycles. The van der Waals surface area contributed by atoms with E-state index in [2.05, 4.69) is 10.3 Å². The summed E-state index contributed by atoms with van der Waals surface area (Å²) < 4.78 is 34.9. The lowest BCUT2D eigenvalue weighted by Crippen LogP contribution is -2.31. The van der Waals surface area contributed by atoms with Gasteiger partial charge in [0.2, 0.25) is 0 Å². The maximum atomic E-state index is 15.3. The van der Waals surface area contributed by atoms with E-state index >= 15 is 4.39 Å². The fourth-order valence-electron chi connectivity index (χ4n) is 5.05. The molecular formula is C34H34FN5O6. The zero-order valence-corrected chi connectivity index (χ0v) is 26.1. The molecule has 1 N–H and O–H groups in total. The van der Waals surface area contributed by atoms with Crippen LogP contribution in [0.1, 0.15) is 23.0 Å². The second-order valence-corrected chi connectivity index (χ2v) is 10.9. The predicted molar refractivity (Wildman–Crippen MR) is 172 cm³/mol. The van der Waals surface area contributed by atoms with Gasteiger partial charge in [0.25, 0.3) is 11.5 Å². The number of anilines is 1. The molecule has 0 aliphatic carbocycles. The van der Waals surface area contributed by atoms with Crippen molar-refractivity contribution in [2.45, 2.75) is 26.5 Å². The average molecular weight is 628 g/mol. The van der Waals surface area contributed by atoms with Crippen LogP contribution in [0.2, 0.25) is 0 Å². The first-order chi connectivity index (χ1) is 22.0. The number of aromatic nitrogens is 3. The highest BCUT2D eigenvalue weighted by Gasteiger charge is 2.26. The number of nitrogens with one attached hydrogen (secondary N) is 1. The minimum absolute atomic E-state index is 0.0621.